The molecule has 3 aliphatic rings. The van der Waals surface area contributed by atoms with Crippen LogP contribution in [-0.4, -0.2) is 31.6 Å². The number of hydrogen-bond acceptors (Lipinski definition) is 5. The van der Waals surface area contributed by atoms with Crippen molar-refractivity contribution in [2.45, 2.75) is 70.1 Å². The Morgan fingerprint density at radius 1 is 1.18 bits per heavy atom. The van der Waals surface area contributed by atoms with Crippen LogP contribution in [-0.2, 0) is 6.54 Å². The summed E-state index contributed by atoms with van der Waals surface area (Å²) in [6, 6.07) is 4.72. The first-order chi connectivity index (χ1) is 16.2. The van der Waals surface area contributed by atoms with Crippen LogP contribution in [0.1, 0.15) is 56.9 Å². The fraction of sp³-hybridized carbons (Fsp3) is 0.625. The fourth-order valence-corrected chi connectivity index (χ4v) is 5.72. The van der Waals surface area contributed by atoms with Crippen molar-refractivity contribution in [1.82, 2.24) is 16.0 Å². The molecule has 0 saturated heterocycles. The van der Waals surface area contributed by atoms with Crippen molar-refractivity contribution >= 4 is 21.8 Å². The average Bonchev–Trinajstić information content (AvgIpc) is 2.79. The van der Waals surface area contributed by atoms with Crippen molar-refractivity contribution in [2.75, 3.05) is 13.6 Å². The first-order valence-corrected chi connectivity index (χ1v) is 12.8. The fourth-order valence-electron chi connectivity index (χ4n) is 5.38. The van der Waals surface area contributed by atoms with Crippen molar-refractivity contribution in [2.24, 2.45) is 22.6 Å². The Kier molecular flexibility index (Phi) is 7.79. The molecule has 188 valence electrons. The Morgan fingerprint density at radius 3 is 2.62 bits per heavy atom. The quantitative estimate of drug-likeness (QED) is 0.410. The van der Waals surface area contributed by atoms with Gasteiger partial charge in [-0.3, -0.25) is 10.7 Å². The number of allylic oxidation sites excluding steroid dienone is 1. The van der Waals surface area contributed by atoms with E-state index in [4.69, 9.17) is 5.73 Å². The standard InChI is InChI=1S/C24H33BrF3N5O/c1-30-22-19-4-2-3-5-20(19)32-23(29,33-22)17-9-6-15(7-10-17)13-31-14-16-8-11-18(25)12-21(16)34-24(26,27)28/h8,11-12,15,17,31-32H,2-7,9-10,13-14,29H2,1H3,(H,30,33). The molecule has 1 aromatic rings. The lowest BCUT2D eigenvalue weighted by Crippen LogP contribution is -2.72. The second-order valence-corrected chi connectivity index (χ2v) is 10.4. The highest BCUT2D eigenvalue weighted by molar-refractivity contribution is 9.10. The van der Waals surface area contributed by atoms with Gasteiger partial charge in [-0.25, -0.2) is 0 Å². The number of hydrogen-bond donors (Lipinski definition) is 4. The summed E-state index contributed by atoms with van der Waals surface area (Å²) >= 11 is 3.21. The third-order valence-electron chi connectivity index (χ3n) is 7.15. The summed E-state index contributed by atoms with van der Waals surface area (Å²) in [6.45, 7) is 1.06. The molecule has 10 heteroatoms. The van der Waals surface area contributed by atoms with Crippen LogP contribution >= 0.6 is 15.9 Å². The van der Waals surface area contributed by atoms with E-state index in [1.54, 1.807) is 12.1 Å². The van der Waals surface area contributed by atoms with Gasteiger partial charge in [0, 0.05) is 40.8 Å². The smallest absolute Gasteiger partial charge is 0.405 e. The minimum absolute atomic E-state index is 0.178. The molecule has 6 nitrogen and oxygen atoms in total. The van der Waals surface area contributed by atoms with E-state index in [9.17, 15) is 13.2 Å². The first kappa shape index (κ1) is 25.3. The summed E-state index contributed by atoms with van der Waals surface area (Å²) in [5.74, 6) is 0.780. The van der Waals surface area contributed by atoms with Crippen LogP contribution in [0.4, 0.5) is 13.2 Å². The molecule has 1 fully saturated rings. The van der Waals surface area contributed by atoms with Crippen LogP contribution < -0.4 is 26.4 Å². The normalized spacial score (nSPS) is 28.8. The van der Waals surface area contributed by atoms with Gasteiger partial charge in [0.05, 0.1) is 0 Å². The van der Waals surface area contributed by atoms with Crippen LogP contribution in [0, 0.1) is 11.8 Å². The number of alkyl halides is 3. The van der Waals surface area contributed by atoms with Crippen LogP contribution in [0.5, 0.6) is 5.75 Å². The Morgan fingerprint density at radius 2 is 1.91 bits per heavy atom. The Labute approximate surface area is 207 Å². The van der Waals surface area contributed by atoms with Crippen molar-refractivity contribution in [3.63, 3.8) is 0 Å². The summed E-state index contributed by atoms with van der Waals surface area (Å²) in [7, 11) is 1.81. The van der Waals surface area contributed by atoms with Crippen molar-refractivity contribution in [3.8, 4) is 5.75 Å². The molecule has 1 heterocycles. The Hall–Kier alpha value is -1.78. The van der Waals surface area contributed by atoms with Gasteiger partial charge in [0.1, 0.15) is 11.6 Å². The molecule has 0 aromatic heterocycles. The molecule has 2 aliphatic carbocycles. The lowest BCUT2D eigenvalue weighted by molar-refractivity contribution is -0.274. The molecular weight excluding hydrogens is 511 g/mol. The summed E-state index contributed by atoms with van der Waals surface area (Å²) in [4.78, 5) is 4.48. The molecule has 1 aromatic carbocycles. The van der Waals surface area contributed by atoms with Gasteiger partial charge < -0.3 is 20.7 Å². The predicted octanol–water partition coefficient (Wildman–Crippen LogP) is 4.91. The Bertz CT molecular complexity index is 943. The van der Waals surface area contributed by atoms with E-state index in [1.807, 2.05) is 7.05 Å². The summed E-state index contributed by atoms with van der Waals surface area (Å²) in [5, 5.41) is 10.4. The number of aliphatic imine (C=N–C) groups is 1. The highest BCUT2D eigenvalue weighted by atomic mass is 79.9. The molecule has 5 N–H and O–H groups in total. The van der Waals surface area contributed by atoms with E-state index >= 15 is 0 Å². The summed E-state index contributed by atoms with van der Waals surface area (Å²) < 4.78 is 42.9. The molecule has 1 unspecified atom stereocenters. The number of nitrogens with zero attached hydrogens (tertiary/aromatic N) is 1. The molecular formula is C24H33BrF3N5O. The van der Waals surface area contributed by atoms with Gasteiger partial charge >= 0.3 is 6.36 Å². The zero-order chi connectivity index (χ0) is 24.3. The zero-order valence-corrected chi connectivity index (χ0v) is 21.0. The lowest BCUT2D eigenvalue weighted by atomic mass is 9.77. The van der Waals surface area contributed by atoms with Crippen LogP contribution in [0.2, 0.25) is 0 Å². The van der Waals surface area contributed by atoms with E-state index < -0.39 is 12.1 Å². The highest BCUT2D eigenvalue weighted by Gasteiger charge is 2.42. The number of halogens is 4. The van der Waals surface area contributed by atoms with Gasteiger partial charge in [-0.05, 0) is 76.0 Å². The molecule has 0 radical (unpaired) electrons. The van der Waals surface area contributed by atoms with Gasteiger partial charge in [-0.2, -0.15) is 0 Å². The van der Waals surface area contributed by atoms with Crippen LogP contribution in [0.3, 0.4) is 0 Å². The third-order valence-corrected chi connectivity index (χ3v) is 7.65. The topological polar surface area (TPSA) is 83.7 Å². The number of nitrogens with one attached hydrogen (secondary N) is 3. The predicted molar refractivity (Wildman–Crippen MR) is 130 cm³/mol. The molecule has 0 amide bonds. The van der Waals surface area contributed by atoms with Crippen LogP contribution in [0.15, 0.2) is 38.9 Å². The summed E-state index contributed by atoms with van der Waals surface area (Å²) in [6.07, 6.45) is 3.66. The minimum Gasteiger partial charge on any atom is -0.405 e. The maximum absolute atomic E-state index is 12.7. The first-order valence-electron chi connectivity index (χ1n) is 12.0. The molecule has 0 bridgehead atoms. The van der Waals surface area contributed by atoms with Gasteiger partial charge in [-0.1, -0.05) is 22.0 Å². The average molecular weight is 544 g/mol. The Balaban J connectivity index is 1.29. The molecule has 1 saturated carbocycles. The second kappa shape index (κ2) is 10.5. The van der Waals surface area contributed by atoms with Gasteiger partial charge in [0.2, 0.25) is 0 Å². The van der Waals surface area contributed by atoms with Gasteiger partial charge in [0.15, 0.2) is 5.79 Å². The second-order valence-electron chi connectivity index (χ2n) is 9.50. The van der Waals surface area contributed by atoms with Crippen molar-refractivity contribution in [1.29, 1.82) is 0 Å². The summed E-state index contributed by atoms with van der Waals surface area (Å²) in [5.41, 5.74) is 9.84. The SMILES string of the molecule is CN=C1NC(N)(C2CCC(CNCc3ccc(Br)cc3OC(F)(F)F)CC2)NC2=C1CCCC2. The van der Waals surface area contributed by atoms with Crippen molar-refractivity contribution in [3.05, 3.63) is 39.5 Å². The molecule has 34 heavy (non-hydrogen) atoms. The third kappa shape index (κ3) is 6.07. The highest BCUT2D eigenvalue weighted by Crippen LogP contribution is 2.37. The minimum atomic E-state index is -4.72. The van der Waals surface area contributed by atoms with E-state index in [0.717, 1.165) is 50.9 Å². The van der Waals surface area contributed by atoms with Gasteiger partial charge in [0.25, 0.3) is 0 Å². The van der Waals surface area contributed by atoms with E-state index in [2.05, 4.69) is 41.6 Å². The van der Waals surface area contributed by atoms with Crippen molar-refractivity contribution < 1.29 is 17.9 Å². The number of benzene rings is 1. The molecule has 0 spiro atoms. The number of nitrogens with two attached hydrogens (primary N) is 1. The molecule has 1 atom stereocenters. The maximum atomic E-state index is 12.7. The largest absolute Gasteiger partial charge is 0.573 e. The number of rotatable bonds is 6. The monoisotopic (exact) mass is 543 g/mol. The zero-order valence-electron chi connectivity index (χ0n) is 19.4. The number of ether oxygens (including phenoxy) is 1. The van der Waals surface area contributed by atoms with E-state index in [-0.39, 0.29) is 11.7 Å². The van der Waals surface area contributed by atoms with Crippen LogP contribution in [0.25, 0.3) is 0 Å². The number of amidine groups is 1. The van der Waals surface area contributed by atoms with E-state index in [1.165, 1.54) is 30.2 Å². The van der Waals surface area contributed by atoms with Gasteiger partial charge in [-0.15, -0.1) is 13.2 Å². The van der Waals surface area contributed by atoms with E-state index in [0.29, 0.717) is 22.5 Å². The molecule has 1 aliphatic heterocycles. The molecule has 4 rings (SSSR count). The lowest BCUT2D eigenvalue weighted by Gasteiger charge is -2.48. The maximum Gasteiger partial charge on any atom is 0.573 e.